The third kappa shape index (κ3) is 4.54. The molecule has 3 rings (SSSR count). The summed E-state index contributed by atoms with van der Waals surface area (Å²) >= 11 is 2.26. The fourth-order valence-corrected chi connectivity index (χ4v) is 2.76. The van der Waals surface area contributed by atoms with Crippen LogP contribution in [0.25, 0.3) is 11.1 Å². The first-order valence-corrected chi connectivity index (χ1v) is 8.97. The Kier molecular flexibility index (Phi) is 5.60. The molecular weight excluding hydrogens is 423 g/mol. The van der Waals surface area contributed by atoms with Crippen molar-refractivity contribution in [1.29, 1.82) is 0 Å². The van der Waals surface area contributed by atoms with Crippen LogP contribution in [0.4, 0.5) is 0 Å². The van der Waals surface area contributed by atoms with Crippen LogP contribution < -0.4 is 5.43 Å². The van der Waals surface area contributed by atoms with Crippen LogP contribution in [-0.4, -0.2) is 11.6 Å². The zero-order valence-electron chi connectivity index (χ0n) is 13.7. The predicted octanol–water partition coefficient (Wildman–Crippen LogP) is 5.11. The number of rotatable bonds is 4. The van der Waals surface area contributed by atoms with E-state index in [9.17, 15) is 4.79 Å². The fraction of sp³-hybridized carbons (Fsp3) is 0.0476. The molecule has 1 amide bonds. The minimum absolute atomic E-state index is 0.218. The van der Waals surface area contributed by atoms with Gasteiger partial charge in [-0.3, -0.25) is 4.79 Å². The minimum Gasteiger partial charge on any atom is -0.267 e. The van der Waals surface area contributed by atoms with Crippen molar-refractivity contribution in [3.05, 3.63) is 93.6 Å². The van der Waals surface area contributed by atoms with Crippen LogP contribution in [0.5, 0.6) is 0 Å². The lowest BCUT2D eigenvalue weighted by atomic mass is 10.0. The quantitative estimate of drug-likeness (QED) is 0.342. The van der Waals surface area contributed by atoms with Gasteiger partial charge in [0.15, 0.2) is 0 Å². The van der Waals surface area contributed by atoms with Crippen molar-refractivity contribution in [3.8, 4) is 11.1 Å². The van der Waals surface area contributed by atoms with Gasteiger partial charge in [-0.1, -0.05) is 54.6 Å². The predicted molar refractivity (Wildman–Crippen MR) is 111 cm³/mol. The van der Waals surface area contributed by atoms with Crippen LogP contribution in [0.3, 0.4) is 0 Å². The molecule has 124 valence electrons. The van der Waals surface area contributed by atoms with Gasteiger partial charge in [0.2, 0.25) is 0 Å². The summed E-state index contributed by atoms with van der Waals surface area (Å²) in [5.74, 6) is -0.218. The molecular formula is C21H17IN2O. The molecule has 0 atom stereocenters. The van der Waals surface area contributed by atoms with Gasteiger partial charge in [-0.2, -0.15) is 5.10 Å². The summed E-state index contributed by atoms with van der Waals surface area (Å²) in [7, 11) is 0. The van der Waals surface area contributed by atoms with Gasteiger partial charge < -0.3 is 0 Å². The topological polar surface area (TPSA) is 41.5 Å². The lowest BCUT2D eigenvalue weighted by Gasteiger charge is -2.05. The van der Waals surface area contributed by atoms with Crippen molar-refractivity contribution >= 4 is 34.2 Å². The van der Waals surface area contributed by atoms with Crippen molar-refractivity contribution in [2.75, 3.05) is 0 Å². The minimum atomic E-state index is -0.218. The maximum atomic E-state index is 12.3. The molecule has 3 nitrogen and oxygen atoms in total. The number of benzene rings is 3. The second-order valence-corrected chi connectivity index (χ2v) is 6.83. The highest BCUT2D eigenvalue weighted by atomic mass is 127. The van der Waals surface area contributed by atoms with Gasteiger partial charge in [-0.05, 0) is 70.5 Å². The molecule has 3 aromatic carbocycles. The largest absolute Gasteiger partial charge is 0.271 e. The molecule has 4 heteroatoms. The van der Waals surface area contributed by atoms with E-state index < -0.39 is 0 Å². The third-order valence-corrected chi connectivity index (χ3v) is 4.56. The first kappa shape index (κ1) is 17.4. The smallest absolute Gasteiger partial charge is 0.267 e. The van der Waals surface area contributed by atoms with Crippen molar-refractivity contribution in [1.82, 2.24) is 5.43 Å². The molecule has 0 aliphatic heterocycles. The molecule has 0 fully saturated rings. The maximum Gasteiger partial charge on any atom is 0.271 e. The van der Waals surface area contributed by atoms with Crippen molar-refractivity contribution < 1.29 is 4.79 Å². The molecule has 0 saturated carbocycles. The lowest BCUT2D eigenvalue weighted by Crippen LogP contribution is -2.19. The van der Waals surface area contributed by atoms with E-state index in [0.717, 1.165) is 26.0 Å². The summed E-state index contributed by atoms with van der Waals surface area (Å²) in [6.07, 6.45) is 0. The van der Waals surface area contributed by atoms with Crippen LogP contribution in [0.1, 0.15) is 22.8 Å². The summed E-state index contributed by atoms with van der Waals surface area (Å²) in [6, 6.07) is 25.6. The average Bonchev–Trinajstić information content (AvgIpc) is 2.67. The monoisotopic (exact) mass is 440 g/mol. The van der Waals surface area contributed by atoms with E-state index in [2.05, 4.69) is 33.1 Å². The summed E-state index contributed by atoms with van der Waals surface area (Å²) in [4.78, 5) is 12.3. The molecule has 0 aliphatic carbocycles. The van der Waals surface area contributed by atoms with Crippen LogP contribution in [0.15, 0.2) is 84.0 Å². The van der Waals surface area contributed by atoms with Crippen LogP contribution >= 0.6 is 22.6 Å². The van der Waals surface area contributed by atoms with Gasteiger partial charge in [-0.15, -0.1) is 0 Å². The SMILES string of the molecule is CC(=NNC(=O)c1ccc(-c2ccccc2)cc1)c1ccc(I)cc1. The number of carbonyl (C=O) groups excluding carboxylic acids is 1. The first-order valence-electron chi connectivity index (χ1n) is 7.89. The summed E-state index contributed by atoms with van der Waals surface area (Å²) in [5, 5.41) is 4.20. The molecule has 0 aliphatic rings. The Bertz CT molecular complexity index is 885. The zero-order valence-corrected chi connectivity index (χ0v) is 15.9. The highest BCUT2D eigenvalue weighted by Gasteiger charge is 2.06. The first-order chi connectivity index (χ1) is 12.1. The Hall–Kier alpha value is -2.47. The van der Waals surface area contributed by atoms with E-state index in [0.29, 0.717) is 5.56 Å². The van der Waals surface area contributed by atoms with E-state index in [1.165, 1.54) is 0 Å². The highest BCUT2D eigenvalue weighted by Crippen LogP contribution is 2.19. The van der Waals surface area contributed by atoms with Gasteiger partial charge in [0.1, 0.15) is 0 Å². The third-order valence-electron chi connectivity index (χ3n) is 3.84. The van der Waals surface area contributed by atoms with E-state index >= 15 is 0 Å². The number of amides is 1. The molecule has 0 spiro atoms. The van der Waals surface area contributed by atoms with Crippen LogP contribution in [-0.2, 0) is 0 Å². The second kappa shape index (κ2) is 8.07. The number of hydrogen-bond acceptors (Lipinski definition) is 2. The summed E-state index contributed by atoms with van der Waals surface area (Å²) in [5.41, 5.74) is 7.16. The molecule has 25 heavy (non-hydrogen) atoms. The average molecular weight is 440 g/mol. The molecule has 3 aromatic rings. The Labute approximate surface area is 160 Å². The van der Waals surface area contributed by atoms with E-state index in [1.54, 1.807) is 0 Å². The number of hydrazone groups is 1. The van der Waals surface area contributed by atoms with E-state index in [-0.39, 0.29) is 5.91 Å². The molecule has 0 radical (unpaired) electrons. The number of halogens is 1. The second-order valence-electron chi connectivity index (χ2n) is 5.59. The van der Waals surface area contributed by atoms with E-state index in [4.69, 9.17) is 0 Å². The Morgan fingerprint density at radius 1 is 0.800 bits per heavy atom. The van der Waals surface area contributed by atoms with Crippen LogP contribution in [0, 0.1) is 3.57 Å². The Morgan fingerprint density at radius 2 is 1.36 bits per heavy atom. The van der Waals surface area contributed by atoms with Gasteiger partial charge in [0.05, 0.1) is 5.71 Å². The van der Waals surface area contributed by atoms with Crippen molar-refractivity contribution in [2.45, 2.75) is 6.92 Å². The van der Waals surface area contributed by atoms with Gasteiger partial charge >= 0.3 is 0 Å². The normalized spacial score (nSPS) is 11.2. The van der Waals surface area contributed by atoms with Gasteiger partial charge in [0, 0.05) is 9.13 Å². The van der Waals surface area contributed by atoms with Crippen molar-refractivity contribution in [2.24, 2.45) is 5.10 Å². The maximum absolute atomic E-state index is 12.3. The standard InChI is InChI=1S/C21H17IN2O/c1-15(16-11-13-20(22)14-12-16)23-24-21(25)19-9-7-18(8-10-19)17-5-3-2-4-6-17/h2-14H,1H3,(H,24,25). The lowest BCUT2D eigenvalue weighted by molar-refractivity contribution is 0.0955. The Morgan fingerprint density at radius 3 is 2.00 bits per heavy atom. The molecule has 0 unspecified atom stereocenters. The molecule has 1 N–H and O–H groups in total. The number of nitrogens with zero attached hydrogens (tertiary/aromatic N) is 1. The van der Waals surface area contributed by atoms with Crippen molar-refractivity contribution in [3.63, 3.8) is 0 Å². The number of nitrogens with one attached hydrogen (secondary N) is 1. The van der Waals surface area contributed by atoms with Gasteiger partial charge in [0.25, 0.3) is 5.91 Å². The summed E-state index contributed by atoms with van der Waals surface area (Å²) in [6.45, 7) is 1.88. The number of carbonyl (C=O) groups is 1. The molecule has 0 bridgehead atoms. The zero-order chi connectivity index (χ0) is 17.6. The Balaban J connectivity index is 1.69. The molecule has 0 aromatic heterocycles. The van der Waals surface area contributed by atoms with Crippen LogP contribution in [0.2, 0.25) is 0 Å². The molecule has 0 heterocycles. The van der Waals surface area contributed by atoms with E-state index in [1.807, 2.05) is 85.8 Å². The highest BCUT2D eigenvalue weighted by molar-refractivity contribution is 14.1. The fourth-order valence-electron chi connectivity index (χ4n) is 2.40. The summed E-state index contributed by atoms with van der Waals surface area (Å²) < 4.78 is 1.16. The van der Waals surface area contributed by atoms with Gasteiger partial charge in [-0.25, -0.2) is 5.43 Å². The molecule has 0 saturated heterocycles. The number of hydrogen-bond donors (Lipinski definition) is 1.